The molecular weight excluding hydrogens is 266 g/mol. The van der Waals surface area contributed by atoms with E-state index in [1.54, 1.807) is 18.5 Å². The molecule has 2 N–H and O–H groups in total. The third kappa shape index (κ3) is 2.86. The summed E-state index contributed by atoms with van der Waals surface area (Å²) in [7, 11) is 1.54. The summed E-state index contributed by atoms with van der Waals surface area (Å²) in [5, 5.41) is 12.9. The number of ether oxygens (including phenoxy) is 1. The lowest BCUT2D eigenvalue weighted by atomic mass is 10.2. The van der Waals surface area contributed by atoms with Crippen molar-refractivity contribution < 1.29 is 9.84 Å². The molecule has 3 rings (SSSR count). The fraction of sp³-hybridized carbons (Fsp3) is 0.125. The minimum absolute atomic E-state index is 0.141. The van der Waals surface area contributed by atoms with Crippen molar-refractivity contribution in [1.29, 1.82) is 0 Å². The van der Waals surface area contributed by atoms with Crippen LogP contribution in [0.3, 0.4) is 0 Å². The van der Waals surface area contributed by atoms with Crippen molar-refractivity contribution in [2.75, 3.05) is 12.4 Å². The van der Waals surface area contributed by atoms with Crippen molar-refractivity contribution in [1.82, 2.24) is 9.97 Å². The van der Waals surface area contributed by atoms with Gasteiger partial charge in [-0.05, 0) is 35.9 Å². The third-order valence-electron chi connectivity index (χ3n) is 3.21. The number of aromatic nitrogens is 2. The maximum atomic E-state index is 9.58. The van der Waals surface area contributed by atoms with Crippen LogP contribution in [0.1, 0.15) is 5.56 Å². The van der Waals surface area contributed by atoms with E-state index in [4.69, 9.17) is 4.74 Å². The molecule has 0 saturated carbocycles. The smallest absolute Gasteiger partial charge is 0.160 e. The third-order valence-corrected chi connectivity index (χ3v) is 3.21. The van der Waals surface area contributed by atoms with Crippen LogP contribution in [0.4, 0.5) is 5.69 Å². The average Bonchev–Trinajstić information content (AvgIpc) is 2.54. The summed E-state index contributed by atoms with van der Waals surface area (Å²) in [6.07, 6.45) is 3.36. The summed E-state index contributed by atoms with van der Waals surface area (Å²) in [4.78, 5) is 8.52. The maximum absolute atomic E-state index is 9.58. The number of methoxy groups -OCH3 is 1. The van der Waals surface area contributed by atoms with Crippen molar-refractivity contribution in [3.8, 4) is 11.5 Å². The van der Waals surface area contributed by atoms with E-state index < -0.39 is 0 Å². The minimum Gasteiger partial charge on any atom is -0.504 e. The Morgan fingerprint density at radius 1 is 1.05 bits per heavy atom. The second kappa shape index (κ2) is 5.66. The van der Waals surface area contributed by atoms with Gasteiger partial charge >= 0.3 is 0 Å². The second-order valence-electron chi connectivity index (χ2n) is 4.62. The van der Waals surface area contributed by atoms with Gasteiger partial charge in [-0.15, -0.1) is 0 Å². The molecule has 1 heterocycles. The van der Waals surface area contributed by atoms with Crippen molar-refractivity contribution >= 4 is 16.7 Å². The number of benzene rings is 2. The highest BCUT2D eigenvalue weighted by molar-refractivity contribution is 5.78. The van der Waals surface area contributed by atoms with E-state index in [1.807, 2.05) is 30.3 Å². The van der Waals surface area contributed by atoms with Crippen molar-refractivity contribution in [2.24, 2.45) is 0 Å². The highest BCUT2D eigenvalue weighted by Crippen LogP contribution is 2.26. The molecule has 0 radical (unpaired) electrons. The van der Waals surface area contributed by atoms with E-state index in [0.29, 0.717) is 12.3 Å². The molecule has 106 valence electrons. The first-order valence-electron chi connectivity index (χ1n) is 6.57. The first-order valence-corrected chi connectivity index (χ1v) is 6.57. The summed E-state index contributed by atoms with van der Waals surface area (Å²) in [5.41, 5.74) is 3.71. The van der Waals surface area contributed by atoms with Crippen molar-refractivity contribution in [2.45, 2.75) is 6.54 Å². The van der Waals surface area contributed by atoms with Gasteiger partial charge in [0.2, 0.25) is 0 Å². The molecule has 0 atom stereocenters. The Kier molecular flexibility index (Phi) is 3.55. The van der Waals surface area contributed by atoms with Gasteiger partial charge in [0, 0.05) is 24.6 Å². The van der Waals surface area contributed by atoms with Crippen molar-refractivity contribution in [3.63, 3.8) is 0 Å². The first-order chi connectivity index (χ1) is 10.3. The van der Waals surface area contributed by atoms with Crippen LogP contribution >= 0.6 is 0 Å². The Balaban J connectivity index is 1.76. The summed E-state index contributed by atoms with van der Waals surface area (Å²) in [6, 6.07) is 11.1. The molecule has 0 spiro atoms. The molecule has 0 unspecified atom stereocenters. The van der Waals surface area contributed by atoms with E-state index in [1.165, 1.54) is 7.11 Å². The van der Waals surface area contributed by atoms with Crippen LogP contribution in [0, 0.1) is 0 Å². The van der Waals surface area contributed by atoms with Gasteiger partial charge < -0.3 is 15.2 Å². The molecule has 1 aromatic heterocycles. The van der Waals surface area contributed by atoms with Gasteiger partial charge in [0.1, 0.15) is 0 Å². The topological polar surface area (TPSA) is 67.3 Å². The predicted molar refractivity (Wildman–Crippen MR) is 81.5 cm³/mol. The largest absolute Gasteiger partial charge is 0.504 e. The Morgan fingerprint density at radius 2 is 1.86 bits per heavy atom. The molecular formula is C16H15N3O2. The molecule has 0 amide bonds. The second-order valence-corrected chi connectivity index (χ2v) is 4.62. The number of phenolic OH excluding ortho intramolecular Hbond substituents is 1. The number of hydrogen-bond acceptors (Lipinski definition) is 5. The normalized spacial score (nSPS) is 10.5. The van der Waals surface area contributed by atoms with Gasteiger partial charge in [-0.3, -0.25) is 9.97 Å². The SMILES string of the molecule is COc1cc(CNc2ccc3nccnc3c2)ccc1O. The number of nitrogens with zero attached hydrogens (tertiary/aromatic N) is 2. The summed E-state index contributed by atoms with van der Waals surface area (Å²) in [5.74, 6) is 0.612. The average molecular weight is 281 g/mol. The van der Waals surface area contributed by atoms with Gasteiger partial charge in [-0.2, -0.15) is 0 Å². The number of hydrogen-bond donors (Lipinski definition) is 2. The van der Waals surface area contributed by atoms with Crippen LogP contribution in [-0.4, -0.2) is 22.2 Å². The van der Waals surface area contributed by atoms with Gasteiger partial charge in [-0.25, -0.2) is 0 Å². The Bertz CT molecular complexity index is 774. The van der Waals surface area contributed by atoms with E-state index in [9.17, 15) is 5.11 Å². The summed E-state index contributed by atoms with van der Waals surface area (Å²) >= 11 is 0. The lowest BCUT2D eigenvalue weighted by molar-refractivity contribution is 0.373. The molecule has 0 bridgehead atoms. The number of aromatic hydroxyl groups is 1. The Morgan fingerprint density at radius 3 is 2.67 bits per heavy atom. The molecule has 0 aliphatic heterocycles. The molecule has 21 heavy (non-hydrogen) atoms. The molecule has 0 fully saturated rings. The number of rotatable bonds is 4. The molecule has 3 aromatic rings. The van der Waals surface area contributed by atoms with Crippen molar-refractivity contribution in [3.05, 3.63) is 54.4 Å². The van der Waals surface area contributed by atoms with Gasteiger partial charge in [0.25, 0.3) is 0 Å². The van der Waals surface area contributed by atoms with Gasteiger partial charge in [-0.1, -0.05) is 6.07 Å². The van der Waals surface area contributed by atoms with Gasteiger partial charge in [0.15, 0.2) is 11.5 Å². The zero-order valence-corrected chi connectivity index (χ0v) is 11.6. The van der Waals surface area contributed by atoms with Crippen LogP contribution in [0.2, 0.25) is 0 Å². The van der Waals surface area contributed by atoms with Crippen LogP contribution in [0.15, 0.2) is 48.8 Å². The first kappa shape index (κ1) is 13.2. The number of nitrogens with one attached hydrogen (secondary N) is 1. The Labute approximate surface area is 122 Å². The molecule has 5 heteroatoms. The lowest BCUT2D eigenvalue weighted by Crippen LogP contribution is -2.00. The standard InChI is InChI=1S/C16H15N3O2/c1-21-16-8-11(2-5-15(16)20)10-19-12-3-4-13-14(9-12)18-7-6-17-13/h2-9,19-20H,10H2,1H3. The van der Waals surface area contributed by atoms with E-state index >= 15 is 0 Å². The van der Waals surface area contributed by atoms with E-state index in [0.717, 1.165) is 22.3 Å². The number of anilines is 1. The highest BCUT2D eigenvalue weighted by Gasteiger charge is 2.03. The van der Waals surface area contributed by atoms with Gasteiger partial charge in [0.05, 0.1) is 18.1 Å². The molecule has 5 nitrogen and oxygen atoms in total. The fourth-order valence-corrected chi connectivity index (χ4v) is 2.11. The predicted octanol–water partition coefficient (Wildman–Crippen LogP) is 2.96. The summed E-state index contributed by atoms with van der Waals surface area (Å²) < 4.78 is 5.10. The monoisotopic (exact) mass is 281 g/mol. The lowest BCUT2D eigenvalue weighted by Gasteiger charge is -2.09. The maximum Gasteiger partial charge on any atom is 0.160 e. The molecule has 0 aliphatic rings. The van der Waals surface area contributed by atoms with E-state index in [2.05, 4.69) is 15.3 Å². The fourth-order valence-electron chi connectivity index (χ4n) is 2.11. The molecule has 0 aliphatic carbocycles. The molecule has 0 saturated heterocycles. The quantitative estimate of drug-likeness (QED) is 0.769. The highest BCUT2D eigenvalue weighted by atomic mass is 16.5. The zero-order chi connectivity index (χ0) is 14.7. The van der Waals surface area contributed by atoms with Crippen LogP contribution < -0.4 is 10.1 Å². The number of fused-ring (bicyclic) bond motifs is 1. The summed E-state index contributed by atoms with van der Waals surface area (Å²) in [6.45, 7) is 0.627. The minimum atomic E-state index is 0.141. The Hall–Kier alpha value is -2.82. The number of phenols is 1. The van der Waals surface area contributed by atoms with Crippen LogP contribution in [-0.2, 0) is 6.54 Å². The zero-order valence-electron chi connectivity index (χ0n) is 11.6. The van der Waals surface area contributed by atoms with Crippen LogP contribution in [0.25, 0.3) is 11.0 Å². The van der Waals surface area contributed by atoms with E-state index in [-0.39, 0.29) is 5.75 Å². The molecule has 2 aromatic carbocycles. The van der Waals surface area contributed by atoms with Crippen LogP contribution in [0.5, 0.6) is 11.5 Å².